The first-order valence-electron chi connectivity index (χ1n) is 8.67. The van der Waals surface area contributed by atoms with Crippen LogP contribution in [0.3, 0.4) is 0 Å². The number of rotatable bonds is 4. The van der Waals surface area contributed by atoms with Gasteiger partial charge < -0.3 is 15.2 Å². The van der Waals surface area contributed by atoms with Crippen LogP contribution in [0, 0.1) is 6.92 Å². The molecule has 1 aliphatic heterocycles. The van der Waals surface area contributed by atoms with Crippen LogP contribution < -0.4 is 10.6 Å². The fourth-order valence-electron chi connectivity index (χ4n) is 2.95. The van der Waals surface area contributed by atoms with Crippen LogP contribution >= 0.6 is 24.0 Å². The van der Waals surface area contributed by atoms with Gasteiger partial charge in [0.2, 0.25) is 0 Å². The van der Waals surface area contributed by atoms with Crippen LogP contribution in [-0.4, -0.2) is 27.8 Å². The Morgan fingerprint density at radius 1 is 1.08 bits per heavy atom. The Hall–Kier alpha value is -1.64. The molecular formula is C18H27IN6. The van der Waals surface area contributed by atoms with Gasteiger partial charge in [0, 0.05) is 26.6 Å². The lowest BCUT2D eigenvalue weighted by molar-refractivity contribution is 0.596. The molecule has 2 N–H and O–H groups in total. The van der Waals surface area contributed by atoms with E-state index in [1.165, 1.54) is 30.4 Å². The van der Waals surface area contributed by atoms with Crippen LogP contribution in [0.25, 0.3) is 0 Å². The molecule has 0 aliphatic carbocycles. The predicted octanol–water partition coefficient (Wildman–Crippen LogP) is 2.80. The Morgan fingerprint density at radius 2 is 1.84 bits per heavy atom. The SMILES string of the molecule is CN=C(NCc1ccc(C)cc1)NCc1nnc2n1CCCCC2.I. The van der Waals surface area contributed by atoms with E-state index in [-0.39, 0.29) is 24.0 Å². The molecule has 0 spiro atoms. The molecule has 0 amide bonds. The van der Waals surface area contributed by atoms with Crippen LogP contribution in [0.15, 0.2) is 29.3 Å². The summed E-state index contributed by atoms with van der Waals surface area (Å²) in [5.74, 6) is 2.89. The van der Waals surface area contributed by atoms with Gasteiger partial charge in [0.1, 0.15) is 5.82 Å². The van der Waals surface area contributed by atoms with Gasteiger partial charge >= 0.3 is 0 Å². The van der Waals surface area contributed by atoms with Crippen molar-refractivity contribution in [3.63, 3.8) is 0 Å². The van der Waals surface area contributed by atoms with Gasteiger partial charge in [0.05, 0.1) is 6.54 Å². The van der Waals surface area contributed by atoms with Gasteiger partial charge in [0.15, 0.2) is 11.8 Å². The molecule has 0 saturated heterocycles. The van der Waals surface area contributed by atoms with Crippen molar-refractivity contribution in [2.45, 2.75) is 52.2 Å². The minimum atomic E-state index is 0. The van der Waals surface area contributed by atoms with E-state index in [1.54, 1.807) is 7.05 Å². The Kier molecular flexibility index (Phi) is 7.67. The molecular weight excluding hydrogens is 427 g/mol. The smallest absolute Gasteiger partial charge is 0.191 e. The molecule has 1 aromatic heterocycles. The van der Waals surface area contributed by atoms with Crippen molar-refractivity contribution in [1.82, 2.24) is 25.4 Å². The second kappa shape index (κ2) is 9.74. The minimum Gasteiger partial charge on any atom is -0.352 e. The number of aromatic nitrogens is 3. The normalized spacial score (nSPS) is 14.2. The second-order valence-corrected chi connectivity index (χ2v) is 6.26. The van der Waals surface area contributed by atoms with Crippen molar-refractivity contribution in [3.8, 4) is 0 Å². The van der Waals surface area contributed by atoms with E-state index >= 15 is 0 Å². The summed E-state index contributed by atoms with van der Waals surface area (Å²) in [6, 6.07) is 8.51. The third-order valence-electron chi connectivity index (χ3n) is 4.40. The summed E-state index contributed by atoms with van der Waals surface area (Å²) in [5, 5.41) is 15.4. The largest absolute Gasteiger partial charge is 0.352 e. The van der Waals surface area contributed by atoms with Crippen LogP contribution in [0.4, 0.5) is 0 Å². The number of hydrogen-bond acceptors (Lipinski definition) is 3. The highest BCUT2D eigenvalue weighted by Crippen LogP contribution is 2.14. The van der Waals surface area contributed by atoms with E-state index in [0.29, 0.717) is 6.54 Å². The number of halogens is 1. The first-order chi connectivity index (χ1) is 11.8. The zero-order chi connectivity index (χ0) is 16.8. The Morgan fingerprint density at radius 3 is 2.60 bits per heavy atom. The van der Waals surface area contributed by atoms with E-state index < -0.39 is 0 Å². The summed E-state index contributed by atoms with van der Waals surface area (Å²) in [5.41, 5.74) is 2.51. The number of nitrogens with zero attached hydrogens (tertiary/aromatic N) is 4. The highest BCUT2D eigenvalue weighted by Gasteiger charge is 2.14. The quantitative estimate of drug-likeness (QED) is 0.424. The van der Waals surface area contributed by atoms with Crippen LogP contribution in [0.2, 0.25) is 0 Å². The Balaban J connectivity index is 0.00000225. The zero-order valence-electron chi connectivity index (χ0n) is 15.0. The van der Waals surface area contributed by atoms with Crippen molar-refractivity contribution in [3.05, 3.63) is 47.0 Å². The van der Waals surface area contributed by atoms with Crippen LogP contribution in [-0.2, 0) is 26.1 Å². The van der Waals surface area contributed by atoms with E-state index in [0.717, 1.165) is 37.1 Å². The third-order valence-corrected chi connectivity index (χ3v) is 4.40. The molecule has 0 unspecified atom stereocenters. The van der Waals surface area contributed by atoms with Crippen LogP contribution in [0.1, 0.15) is 42.0 Å². The molecule has 7 heteroatoms. The maximum atomic E-state index is 4.34. The van der Waals surface area contributed by atoms with Gasteiger partial charge in [-0.2, -0.15) is 0 Å². The van der Waals surface area contributed by atoms with E-state index in [4.69, 9.17) is 0 Å². The third kappa shape index (κ3) is 5.42. The average molecular weight is 454 g/mol. The number of aryl methyl sites for hydroxylation is 2. The second-order valence-electron chi connectivity index (χ2n) is 6.26. The molecule has 0 atom stereocenters. The zero-order valence-corrected chi connectivity index (χ0v) is 17.3. The molecule has 2 aromatic rings. The summed E-state index contributed by atoms with van der Waals surface area (Å²) in [4.78, 5) is 4.29. The summed E-state index contributed by atoms with van der Waals surface area (Å²) in [6.45, 7) is 4.51. The molecule has 1 aliphatic rings. The maximum Gasteiger partial charge on any atom is 0.191 e. The maximum absolute atomic E-state index is 4.34. The van der Waals surface area contributed by atoms with E-state index in [1.807, 2.05) is 0 Å². The summed E-state index contributed by atoms with van der Waals surface area (Å²) >= 11 is 0. The number of nitrogens with one attached hydrogen (secondary N) is 2. The molecule has 0 radical (unpaired) electrons. The molecule has 0 saturated carbocycles. The van der Waals surface area contributed by atoms with Gasteiger partial charge in [0.25, 0.3) is 0 Å². The van der Waals surface area contributed by atoms with Gasteiger partial charge in [-0.25, -0.2) is 0 Å². The summed E-state index contributed by atoms with van der Waals surface area (Å²) in [6.07, 6.45) is 4.73. The lowest BCUT2D eigenvalue weighted by Crippen LogP contribution is -2.37. The molecule has 2 heterocycles. The molecule has 0 bridgehead atoms. The summed E-state index contributed by atoms with van der Waals surface area (Å²) < 4.78 is 2.26. The highest BCUT2D eigenvalue weighted by molar-refractivity contribution is 14.0. The molecule has 0 fully saturated rings. The topological polar surface area (TPSA) is 67.1 Å². The predicted molar refractivity (Wildman–Crippen MR) is 111 cm³/mol. The molecule has 25 heavy (non-hydrogen) atoms. The highest BCUT2D eigenvalue weighted by atomic mass is 127. The number of aliphatic imine (C=N–C) groups is 1. The van der Waals surface area contributed by atoms with Crippen molar-refractivity contribution >= 4 is 29.9 Å². The first-order valence-corrected chi connectivity index (χ1v) is 8.67. The first kappa shape index (κ1) is 19.7. The van der Waals surface area contributed by atoms with Crippen molar-refractivity contribution in [1.29, 1.82) is 0 Å². The monoisotopic (exact) mass is 454 g/mol. The standard InChI is InChI=1S/C18H26N6.HI/c1-14-7-9-15(10-8-14)12-20-18(19-2)21-13-17-23-22-16-6-4-3-5-11-24(16)17;/h7-10H,3-6,11-13H2,1-2H3,(H2,19,20,21);1H. The van der Waals surface area contributed by atoms with E-state index in [2.05, 4.69) is 61.6 Å². The fourth-order valence-corrected chi connectivity index (χ4v) is 2.95. The van der Waals surface area contributed by atoms with Crippen molar-refractivity contribution in [2.75, 3.05) is 7.05 Å². The van der Waals surface area contributed by atoms with Crippen molar-refractivity contribution < 1.29 is 0 Å². The lowest BCUT2D eigenvalue weighted by atomic mass is 10.1. The lowest BCUT2D eigenvalue weighted by Gasteiger charge is -2.13. The number of fused-ring (bicyclic) bond motifs is 1. The van der Waals surface area contributed by atoms with Gasteiger partial charge in [-0.1, -0.05) is 36.2 Å². The van der Waals surface area contributed by atoms with Gasteiger partial charge in [-0.05, 0) is 25.3 Å². The summed E-state index contributed by atoms with van der Waals surface area (Å²) in [7, 11) is 1.79. The number of hydrogen-bond donors (Lipinski definition) is 2. The number of benzene rings is 1. The van der Waals surface area contributed by atoms with Crippen molar-refractivity contribution in [2.24, 2.45) is 4.99 Å². The molecule has 6 nitrogen and oxygen atoms in total. The van der Waals surface area contributed by atoms with Gasteiger partial charge in [-0.15, -0.1) is 34.2 Å². The average Bonchev–Trinajstić information content (AvgIpc) is 2.83. The minimum absolute atomic E-state index is 0. The molecule has 136 valence electrons. The Labute approximate surface area is 166 Å². The fraction of sp³-hybridized carbons (Fsp3) is 0.500. The molecule has 1 aromatic carbocycles. The number of guanidine groups is 1. The molecule has 3 rings (SSSR count). The van der Waals surface area contributed by atoms with Gasteiger partial charge in [-0.3, -0.25) is 4.99 Å². The van der Waals surface area contributed by atoms with E-state index in [9.17, 15) is 0 Å². The van der Waals surface area contributed by atoms with Crippen LogP contribution in [0.5, 0.6) is 0 Å². The Bertz CT molecular complexity index is 692.